The van der Waals surface area contributed by atoms with Crippen molar-refractivity contribution in [3.8, 4) is 11.1 Å². The zero-order valence-corrected chi connectivity index (χ0v) is 9.93. The predicted molar refractivity (Wildman–Crippen MR) is 78.2 cm³/mol. The second kappa shape index (κ2) is 4.08. The number of benzene rings is 3. The molecule has 0 aliphatic carbocycles. The van der Waals surface area contributed by atoms with Crippen LogP contribution in [0.1, 0.15) is 0 Å². The van der Waals surface area contributed by atoms with Crippen LogP contribution in [0.25, 0.3) is 21.9 Å². The van der Waals surface area contributed by atoms with E-state index in [0.29, 0.717) is 0 Å². The maximum absolute atomic E-state index is 6.26. The molecule has 88 valence electrons. The Morgan fingerprint density at radius 1 is 0.667 bits per heavy atom. The zero-order chi connectivity index (χ0) is 12.5. The van der Waals surface area contributed by atoms with Gasteiger partial charge in [0.1, 0.15) is 0 Å². The normalized spacial score (nSPS) is 10.7. The first kappa shape index (κ1) is 10.7. The number of rotatable bonds is 1. The van der Waals surface area contributed by atoms with Crippen molar-refractivity contribution in [3.63, 3.8) is 0 Å². The first-order valence-electron chi connectivity index (χ1n) is 5.89. The molecule has 2 heteroatoms. The number of nitrogens with two attached hydrogens (primary N) is 2. The van der Waals surface area contributed by atoms with E-state index in [9.17, 15) is 0 Å². The average Bonchev–Trinajstić information content (AvgIpc) is 2.44. The van der Waals surface area contributed by atoms with Gasteiger partial charge in [0.2, 0.25) is 0 Å². The molecule has 3 rings (SSSR count). The largest absolute Gasteiger partial charge is 0.398 e. The monoisotopic (exact) mass is 234 g/mol. The van der Waals surface area contributed by atoms with Gasteiger partial charge in [0.15, 0.2) is 0 Å². The van der Waals surface area contributed by atoms with Gasteiger partial charge in [-0.1, -0.05) is 54.6 Å². The van der Waals surface area contributed by atoms with Gasteiger partial charge in [0, 0.05) is 27.7 Å². The van der Waals surface area contributed by atoms with E-state index in [0.717, 1.165) is 33.3 Å². The minimum Gasteiger partial charge on any atom is -0.398 e. The van der Waals surface area contributed by atoms with Crippen LogP contribution in [0, 0.1) is 0 Å². The van der Waals surface area contributed by atoms with E-state index >= 15 is 0 Å². The van der Waals surface area contributed by atoms with Gasteiger partial charge in [-0.2, -0.15) is 0 Å². The SMILES string of the molecule is Nc1cc(-c2ccccc2)c(N)c2ccccc12. The van der Waals surface area contributed by atoms with Crippen LogP contribution in [-0.4, -0.2) is 0 Å². The summed E-state index contributed by atoms with van der Waals surface area (Å²) in [6.07, 6.45) is 0. The zero-order valence-electron chi connectivity index (χ0n) is 9.93. The molecule has 0 aromatic heterocycles. The van der Waals surface area contributed by atoms with Gasteiger partial charge in [0.25, 0.3) is 0 Å². The molecule has 0 unspecified atom stereocenters. The van der Waals surface area contributed by atoms with E-state index in [4.69, 9.17) is 11.5 Å². The molecule has 0 saturated carbocycles. The summed E-state index contributed by atoms with van der Waals surface area (Å²) in [5, 5.41) is 2.02. The third-order valence-electron chi connectivity index (χ3n) is 3.20. The van der Waals surface area contributed by atoms with E-state index in [1.165, 1.54) is 0 Å². The lowest BCUT2D eigenvalue weighted by Gasteiger charge is -2.11. The van der Waals surface area contributed by atoms with Crippen LogP contribution in [0.3, 0.4) is 0 Å². The van der Waals surface area contributed by atoms with Crippen molar-refractivity contribution < 1.29 is 0 Å². The summed E-state index contributed by atoms with van der Waals surface area (Å²) in [4.78, 5) is 0. The Bertz CT molecular complexity index is 703. The minimum atomic E-state index is 0.763. The molecular weight excluding hydrogens is 220 g/mol. The minimum absolute atomic E-state index is 0.763. The predicted octanol–water partition coefficient (Wildman–Crippen LogP) is 3.67. The van der Waals surface area contributed by atoms with Crippen LogP contribution in [-0.2, 0) is 0 Å². The molecule has 0 bridgehead atoms. The van der Waals surface area contributed by atoms with Gasteiger partial charge in [-0.25, -0.2) is 0 Å². The average molecular weight is 234 g/mol. The van der Waals surface area contributed by atoms with E-state index < -0.39 is 0 Å². The molecule has 0 spiro atoms. The highest BCUT2D eigenvalue weighted by atomic mass is 14.6. The van der Waals surface area contributed by atoms with Crippen molar-refractivity contribution >= 4 is 22.1 Å². The van der Waals surface area contributed by atoms with Gasteiger partial charge >= 0.3 is 0 Å². The number of hydrogen-bond donors (Lipinski definition) is 2. The summed E-state index contributed by atoms with van der Waals surface area (Å²) in [5.41, 5.74) is 16.0. The fourth-order valence-electron chi connectivity index (χ4n) is 2.28. The van der Waals surface area contributed by atoms with Crippen LogP contribution >= 0.6 is 0 Å². The molecule has 0 fully saturated rings. The summed E-state index contributed by atoms with van der Waals surface area (Å²) < 4.78 is 0. The van der Waals surface area contributed by atoms with Crippen LogP contribution in [0.4, 0.5) is 11.4 Å². The lowest BCUT2D eigenvalue weighted by molar-refractivity contribution is 1.63. The topological polar surface area (TPSA) is 52.0 Å². The van der Waals surface area contributed by atoms with Crippen molar-refractivity contribution in [1.29, 1.82) is 0 Å². The highest BCUT2D eigenvalue weighted by Gasteiger charge is 2.08. The fraction of sp³-hybridized carbons (Fsp3) is 0. The van der Waals surface area contributed by atoms with Crippen molar-refractivity contribution in [1.82, 2.24) is 0 Å². The van der Waals surface area contributed by atoms with Gasteiger partial charge in [-0.05, 0) is 11.6 Å². The quantitative estimate of drug-likeness (QED) is 0.631. The molecule has 3 aromatic carbocycles. The molecular formula is C16H14N2. The molecule has 0 aliphatic rings. The van der Waals surface area contributed by atoms with Crippen LogP contribution < -0.4 is 11.5 Å². The van der Waals surface area contributed by atoms with Gasteiger partial charge in [0.05, 0.1) is 0 Å². The van der Waals surface area contributed by atoms with Crippen molar-refractivity contribution in [2.75, 3.05) is 11.5 Å². The highest BCUT2D eigenvalue weighted by molar-refractivity contribution is 6.06. The molecule has 3 aromatic rings. The molecule has 4 N–H and O–H groups in total. The first-order valence-corrected chi connectivity index (χ1v) is 5.89. The lowest BCUT2D eigenvalue weighted by Crippen LogP contribution is -1.96. The summed E-state index contributed by atoms with van der Waals surface area (Å²) in [7, 11) is 0. The molecule has 18 heavy (non-hydrogen) atoms. The smallest absolute Gasteiger partial charge is 0.0474 e. The molecule has 0 radical (unpaired) electrons. The van der Waals surface area contributed by atoms with Gasteiger partial charge < -0.3 is 11.5 Å². The first-order chi connectivity index (χ1) is 8.77. The number of fused-ring (bicyclic) bond motifs is 1. The summed E-state index contributed by atoms with van der Waals surface area (Å²) >= 11 is 0. The number of nitrogen functional groups attached to an aromatic ring is 2. The third-order valence-corrected chi connectivity index (χ3v) is 3.20. The van der Waals surface area contributed by atoms with Crippen molar-refractivity contribution in [2.45, 2.75) is 0 Å². The Hall–Kier alpha value is -2.48. The van der Waals surface area contributed by atoms with E-state index in [1.54, 1.807) is 0 Å². The highest BCUT2D eigenvalue weighted by Crippen LogP contribution is 2.35. The third kappa shape index (κ3) is 1.59. The summed E-state index contributed by atoms with van der Waals surface area (Å²) in [5.74, 6) is 0. The standard InChI is InChI=1S/C16H14N2/c17-15-10-14(11-6-2-1-3-7-11)16(18)13-9-5-4-8-12(13)15/h1-10H,17-18H2. The Morgan fingerprint density at radius 2 is 1.28 bits per heavy atom. The van der Waals surface area contributed by atoms with Gasteiger partial charge in [-0.15, -0.1) is 0 Å². The Balaban J connectivity index is 2.35. The molecule has 2 nitrogen and oxygen atoms in total. The Labute approximate surface area is 106 Å². The molecule has 0 aliphatic heterocycles. The van der Waals surface area contributed by atoms with Crippen LogP contribution in [0.15, 0.2) is 60.7 Å². The van der Waals surface area contributed by atoms with E-state index in [1.807, 2.05) is 60.7 Å². The van der Waals surface area contributed by atoms with Gasteiger partial charge in [-0.3, -0.25) is 0 Å². The van der Waals surface area contributed by atoms with Crippen LogP contribution in [0.2, 0.25) is 0 Å². The number of anilines is 2. The molecule has 0 heterocycles. The molecule has 0 atom stereocenters. The fourth-order valence-corrected chi connectivity index (χ4v) is 2.28. The maximum atomic E-state index is 6.26. The Kier molecular flexibility index (Phi) is 2.41. The maximum Gasteiger partial charge on any atom is 0.0474 e. The summed E-state index contributed by atoms with van der Waals surface area (Å²) in [6.45, 7) is 0. The van der Waals surface area contributed by atoms with Crippen molar-refractivity contribution in [2.24, 2.45) is 0 Å². The van der Waals surface area contributed by atoms with E-state index in [-0.39, 0.29) is 0 Å². The van der Waals surface area contributed by atoms with E-state index in [2.05, 4.69) is 0 Å². The lowest BCUT2D eigenvalue weighted by atomic mass is 9.97. The van der Waals surface area contributed by atoms with Crippen molar-refractivity contribution in [3.05, 3.63) is 60.7 Å². The molecule has 0 amide bonds. The summed E-state index contributed by atoms with van der Waals surface area (Å²) in [6, 6.07) is 20.0. The second-order valence-electron chi connectivity index (χ2n) is 4.34. The number of hydrogen-bond acceptors (Lipinski definition) is 2. The van der Waals surface area contributed by atoms with Crippen LogP contribution in [0.5, 0.6) is 0 Å². The molecule has 0 saturated heterocycles. The Morgan fingerprint density at radius 3 is 2.00 bits per heavy atom. The second-order valence-corrected chi connectivity index (χ2v) is 4.34.